The summed E-state index contributed by atoms with van der Waals surface area (Å²) in [7, 11) is -0.890. The second kappa shape index (κ2) is 10.1. The van der Waals surface area contributed by atoms with Gasteiger partial charge >= 0.3 is 0 Å². The number of amides is 1. The highest BCUT2D eigenvalue weighted by Gasteiger charge is 2.37. The Hall–Kier alpha value is -3.43. The molecule has 0 radical (unpaired) electrons. The number of halogens is 1. The first-order valence-corrected chi connectivity index (χ1v) is 12.6. The fraction of sp³-hybridized carbons (Fsp3) is 0.240. The second-order valence-electron chi connectivity index (χ2n) is 7.91. The fourth-order valence-electron chi connectivity index (χ4n) is 3.81. The number of carbonyl (C=O) groups is 1. The van der Waals surface area contributed by atoms with Crippen molar-refractivity contribution in [3.8, 4) is 17.2 Å². The quantitative estimate of drug-likeness (QED) is 0.506. The summed E-state index contributed by atoms with van der Waals surface area (Å²) in [5, 5.41) is 3.33. The largest absolute Gasteiger partial charge is 0.493 e. The molecule has 0 bridgehead atoms. The molecule has 35 heavy (non-hydrogen) atoms. The molecule has 0 spiro atoms. The zero-order valence-corrected chi connectivity index (χ0v) is 21.0. The molecule has 3 aromatic rings. The van der Waals surface area contributed by atoms with Gasteiger partial charge in [-0.3, -0.25) is 9.10 Å². The van der Waals surface area contributed by atoms with E-state index in [0.29, 0.717) is 28.0 Å². The summed E-state index contributed by atoms with van der Waals surface area (Å²) in [4.78, 5) is 13.3. The van der Waals surface area contributed by atoms with E-state index in [1.54, 1.807) is 43.5 Å². The Morgan fingerprint density at radius 3 is 2.43 bits per heavy atom. The maximum absolute atomic E-state index is 13.5. The summed E-state index contributed by atoms with van der Waals surface area (Å²) in [6.07, 6.45) is -1.06. The first-order valence-electron chi connectivity index (χ1n) is 10.8. The summed E-state index contributed by atoms with van der Waals surface area (Å²) in [6, 6.07) is 17.6. The van der Waals surface area contributed by atoms with Gasteiger partial charge in [-0.25, -0.2) is 8.42 Å². The molecule has 0 aromatic heterocycles. The topological polar surface area (TPSA) is 94.2 Å². The summed E-state index contributed by atoms with van der Waals surface area (Å²) < 4.78 is 44.7. The number of ether oxygens (including phenoxy) is 3. The van der Waals surface area contributed by atoms with Gasteiger partial charge in [0.15, 0.2) is 17.6 Å². The van der Waals surface area contributed by atoms with Crippen LogP contribution >= 0.6 is 11.6 Å². The van der Waals surface area contributed by atoms with Gasteiger partial charge in [-0.2, -0.15) is 0 Å². The third-order valence-electron chi connectivity index (χ3n) is 5.70. The minimum Gasteiger partial charge on any atom is -0.493 e. The Bertz CT molecular complexity index is 1330. The van der Waals surface area contributed by atoms with Crippen molar-refractivity contribution in [3.05, 3.63) is 77.3 Å². The molecule has 1 heterocycles. The van der Waals surface area contributed by atoms with E-state index in [0.717, 1.165) is 5.56 Å². The normalized spacial score (nSPS) is 16.0. The number of para-hydroxylation sites is 2. The Balaban J connectivity index is 1.59. The molecule has 1 amide bonds. The highest BCUT2D eigenvalue weighted by atomic mass is 35.5. The van der Waals surface area contributed by atoms with Crippen molar-refractivity contribution in [2.75, 3.05) is 25.1 Å². The smallest absolute Gasteiger partial charge is 0.264 e. The molecule has 8 nitrogen and oxygen atoms in total. The molecular weight excluding hydrogens is 492 g/mol. The molecule has 1 N–H and O–H groups in total. The van der Waals surface area contributed by atoms with E-state index in [1.165, 1.54) is 35.7 Å². The molecule has 1 aliphatic heterocycles. The van der Waals surface area contributed by atoms with Gasteiger partial charge in [0, 0.05) is 5.02 Å². The summed E-state index contributed by atoms with van der Waals surface area (Å²) >= 11 is 5.93. The van der Waals surface area contributed by atoms with Gasteiger partial charge in [0.25, 0.3) is 15.9 Å². The van der Waals surface area contributed by atoms with Crippen LogP contribution in [0.3, 0.4) is 0 Å². The summed E-state index contributed by atoms with van der Waals surface area (Å²) in [5.74, 6) is 0.965. The molecule has 0 fully saturated rings. The van der Waals surface area contributed by atoms with Crippen LogP contribution < -0.4 is 23.8 Å². The van der Waals surface area contributed by atoms with Crippen molar-refractivity contribution in [1.29, 1.82) is 0 Å². The number of methoxy groups -OCH3 is 2. The van der Waals surface area contributed by atoms with E-state index in [9.17, 15) is 13.2 Å². The third kappa shape index (κ3) is 5.01. The lowest BCUT2D eigenvalue weighted by Gasteiger charge is -2.35. The molecule has 10 heteroatoms. The molecule has 0 saturated carbocycles. The van der Waals surface area contributed by atoms with Crippen LogP contribution in [0, 0.1) is 0 Å². The lowest BCUT2D eigenvalue weighted by molar-refractivity contribution is -0.128. The molecule has 2 atom stereocenters. The number of fused-ring (bicyclic) bond motifs is 1. The third-order valence-corrected chi connectivity index (χ3v) is 7.74. The SMILES string of the molecule is COc1ccc(C(C)NC(=O)C2CN(S(=O)(=O)c3ccc(Cl)cc3)c3ccccc3O2)cc1OC. The Morgan fingerprint density at radius 1 is 1.06 bits per heavy atom. The van der Waals surface area contributed by atoms with Gasteiger partial charge in [-0.15, -0.1) is 0 Å². The number of carbonyl (C=O) groups excluding carboxylic acids is 1. The van der Waals surface area contributed by atoms with Crippen LogP contribution in [-0.2, 0) is 14.8 Å². The number of hydrogen-bond acceptors (Lipinski definition) is 6. The Morgan fingerprint density at radius 2 is 1.74 bits per heavy atom. The van der Waals surface area contributed by atoms with Crippen molar-refractivity contribution < 1.29 is 27.4 Å². The maximum atomic E-state index is 13.5. The Kier molecular flexibility index (Phi) is 7.09. The second-order valence-corrected chi connectivity index (χ2v) is 10.2. The number of anilines is 1. The van der Waals surface area contributed by atoms with E-state index < -0.39 is 28.1 Å². The molecule has 184 valence electrons. The number of benzene rings is 3. The van der Waals surface area contributed by atoms with Gasteiger partial charge < -0.3 is 19.5 Å². The van der Waals surface area contributed by atoms with E-state index in [-0.39, 0.29) is 11.4 Å². The van der Waals surface area contributed by atoms with Crippen LogP contribution in [0.25, 0.3) is 0 Å². The zero-order chi connectivity index (χ0) is 25.2. The lowest BCUT2D eigenvalue weighted by atomic mass is 10.1. The average molecular weight is 517 g/mol. The van der Waals surface area contributed by atoms with Crippen LogP contribution in [0.2, 0.25) is 5.02 Å². The van der Waals surface area contributed by atoms with Crippen LogP contribution in [0.1, 0.15) is 18.5 Å². The van der Waals surface area contributed by atoms with Crippen molar-refractivity contribution in [3.63, 3.8) is 0 Å². The predicted molar refractivity (Wildman–Crippen MR) is 133 cm³/mol. The number of nitrogens with one attached hydrogen (secondary N) is 1. The van der Waals surface area contributed by atoms with Crippen molar-refractivity contribution in [1.82, 2.24) is 5.32 Å². The minimum atomic E-state index is -3.97. The number of hydrogen-bond donors (Lipinski definition) is 1. The number of sulfonamides is 1. The summed E-state index contributed by atoms with van der Waals surface area (Å²) in [6.45, 7) is 1.63. The molecule has 3 aromatic carbocycles. The van der Waals surface area contributed by atoms with Gasteiger partial charge in [-0.1, -0.05) is 29.8 Å². The highest BCUT2D eigenvalue weighted by molar-refractivity contribution is 7.92. The monoisotopic (exact) mass is 516 g/mol. The van der Waals surface area contributed by atoms with Crippen LogP contribution in [0.15, 0.2) is 71.6 Å². The first-order chi connectivity index (χ1) is 16.7. The molecule has 4 rings (SSSR count). The Labute approximate surface area is 209 Å². The van der Waals surface area contributed by atoms with Gasteiger partial charge in [-0.05, 0) is 61.0 Å². The van der Waals surface area contributed by atoms with Crippen molar-refractivity contribution in [2.45, 2.75) is 24.0 Å². The molecule has 0 aliphatic carbocycles. The van der Waals surface area contributed by atoms with Gasteiger partial charge in [0.2, 0.25) is 0 Å². The van der Waals surface area contributed by atoms with E-state index in [2.05, 4.69) is 5.32 Å². The highest BCUT2D eigenvalue weighted by Crippen LogP contribution is 2.37. The zero-order valence-electron chi connectivity index (χ0n) is 19.4. The van der Waals surface area contributed by atoms with Crippen LogP contribution in [-0.4, -0.2) is 41.2 Å². The van der Waals surface area contributed by atoms with Gasteiger partial charge in [0.05, 0.1) is 37.4 Å². The molecule has 2 unspecified atom stereocenters. The standard InChI is InChI=1S/C25H25ClN2O6S/c1-16(17-8-13-22(32-2)23(14-17)33-3)27-25(29)24-15-28(20-6-4-5-7-21(20)34-24)35(30,31)19-11-9-18(26)10-12-19/h4-14,16,24H,15H2,1-3H3,(H,27,29). The van der Waals surface area contributed by atoms with E-state index >= 15 is 0 Å². The maximum Gasteiger partial charge on any atom is 0.264 e. The number of rotatable bonds is 7. The predicted octanol–water partition coefficient (Wildman–Crippen LogP) is 4.19. The van der Waals surface area contributed by atoms with Crippen molar-refractivity contribution >= 4 is 33.2 Å². The minimum absolute atomic E-state index is 0.0662. The van der Waals surface area contributed by atoms with Crippen LogP contribution in [0.5, 0.6) is 17.2 Å². The van der Waals surface area contributed by atoms with Gasteiger partial charge in [0.1, 0.15) is 5.75 Å². The first kappa shape index (κ1) is 24.7. The van der Waals surface area contributed by atoms with Crippen molar-refractivity contribution in [2.24, 2.45) is 0 Å². The summed E-state index contributed by atoms with van der Waals surface area (Å²) in [5.41, 5.74) is 1.15. The fourth-order valence-corrected chi connectivity index (χ4v) is 5.41. The number of nitrogens with zero attached hydrogens (tertiary/aromatic N) is 1. The molecule has 0 saturated heterocycles. The average Bonchev–Trinajstić information content (AvgIpc) is 2.87. The lowest BCUT2D eigenvalue weighted by Crippen LogP contribution is -2.51. The molecular formula is C25H25ClN2O6S. The van der Waals surface area contributed by atoms with E-state index in [4.69, 9.17) is 25.8 Å². The molecule has 1 aliphatic rings. The van der Waals surface area contributed by atoms with E-state index in [1.807, 2.05) is 13.0 Å². The van der Waals surface area contributed by atoms with Crippen LogP contribution in [0.4, 0.5) is 5.69 Å².